The van der Waals surface area contributed by atoms with Crippen LogP contribution in [-0.4, -0.2) is 0 Å². The van der Waals surface area contributed by atoms with Crippen LogP contribution in [-0.2, 0) is 6.54 Å². The molecule has 0 amide bonds. The van der Waals surface area contributed by atoms with Gasteiger partial charge in [-0.1, -0.05) is 0 Å². The summed E-state index contributed by atoms with van der Waals surface area (Å²) < 4.78 is 15.2. The zero-order valence-electron chi connectivity index (χ0n) is 9.06. The fourth-order valence-corrected chi connectivity index (χ4v) is 3.54. The molecule has 0 unspecified atom stereocenters. The van der Waals surface area contributed by atoms with Crippen LogP contribution in [0.1, 0.15) is 10.4 Å². The number of hydrogen-bond acceptors (Lipinski definition) is 2. The molecule has 1 N–H and O–H groups in total. The predicted molar refractivity (Wildman–Crippen MR) is 78.2 cm³/mol. The smallest absolute Gasteiger partial charge is 0.126 e. The molecule has 0 fully saturated rings. The van der Waals surface area contributed by atoms with Crippen LogP contribution in [0.5, 0.6) is 0 Å². The Morgan fingerprint density at radius 3 is 2.65 bits per heavy atom. The molecule has 2 rings (SSSR count). The van der Waals surface area contributed by atoms with Crippen LogP contribution in [0.4, 0.5) is 10.1 Å². The fourth-order valence-electron chi connectivity index (χ4n) is 1.42. The number of aryl methyl sites for hydroxylation is 1. The van der Waals surface area contributed by atoms with Crippen molar-refractivity contribution in [3.05, 3.63) is 48.8 Å². The van der Waals surface area contributed by atoms with Crippen LogP contribution in [0.25, 0.3) is 0 Å². The van der Waals surface area contributed by atoms with Crippen molar-refractivity contribution >= 4 is 48.9 Å². The maximum Gasteiger partial charge on any atom is 0.126 e. The molecular weight excluding hydrogens is 369 g/mol. The minimum Gasteiger partial charge on any atom is -0.380 e. The molecule has 0 atom stereocenters. The lowest BCUT2D eigenvalue weighted by molar-refractivity contribution is 0.618. The van der Waals surface area contributed by atoms with E-state index in [1.54, 1.807) is 24.3 Å². The molecule has 17 heavy (non-hydrogen) atoms. The highest BCUT2D eigenvalue weighted by Crippen LogP contribution is 2.32. The zero-order valence-corrected chi connectivity index (χ0v) is 13.0. The average Bonchev–Trinajstić information content (AvgIpc) is 2.60. The maximum absolute atomic E-state index is 13.1. The van der Waals surface area contributed by atoms with Gasteiger partial charge in [0.15, 0.2) is 0 Å². The van der Waals surface area contributed by atoms with Crippen molar-refractivity contribution < 1.29 is 4.39 Å². The van der Waals surface area contributed by atoms with Gasteiger partial charge in [-0.2, -0.15) is 0 Å². The molecule has 1 nitrogen and oxygen atoms in total. The van der Waals surface area contributed by atoms with Crippen molar-refractivity contribution in [1.82, 2.24) is 0 Å². The molecule has 0 saturated heterocycles. The molecule has 0 radical (unpaired) electrons. The van der Waals surface area contributed by atoms with Crippen molar-refractivity contribution in [2.75, 3.05) is 5.32 Å². The number of hydrogen-bond donors (Lipinski definition) is 1. The first-order valence-electron chi connectivity index (χ1n) is 5.00. The summed E-state index contributed by atoms with van der Waals surface area (Å²) in [6.45, 7) is 2.50. The van der Waals surface area contributed by atoms with Crippen molar-refractivity contribution in [3.63, 3.8) is 0 Å². The SMILES string of the molecule is Cc1cc(NCc2cc(Br)c(Br)s2)ccc1F. The first-order valence-corrected chi connectivity index (χ1v) is 7.40. The Hall–Kier alpha value is -0.390. The lowest BCUT2D eigenvalue weighted by Crippen LogP contribution is -1.98. The van der Waals surface area contributed by atoms with E-state index in [1.165, 1.54) is 10.9 Å². The Labute approximate surface area is 120 Å². The lowest BCUT2D eigenvalue weighted by Gasteiger charge is -2.06. The van der Waals surface area contributed by atoms with Crippen molar-refractivity contribution in [2.45, 2.75) is 13.5 Å². The van der Waals surface area contributed by atoms with Gasteiger partial charge in [-0.15, -0.1) is 11.3 Å². The first-order chi connectivity index (χ1) is 8.06. The van der Waals surface area contributed by atoms with Crippen LogP contribution in [0.15, 0.2) is 32.5 Å². The third-order valence-corrected chi connectivity index (χ3v) is 5.58. The number of nitrogens with one attached hydrogen (secondary N) is 1. The van der Waals surface area contributed by atoms with E-state index >= 15 is 0 Å². The third kappa shape index (κ3) is 3.30. The van der Waals surface area contributed by atoms with E-state index in [-0.39, 0.29) is 5.82 Å². The number of thiophene rings is 1. The van der Waals surface area contributed by atoms with Gasteiger partial charge in [0.1, 0.15) is 5.82 Å². The lowest BCUT2D eigenvalue weighted by atomic mass is 10.2. The summed E-state index contributed by atoms with van der Waals surface area (Å²) >= 11 is 8.58. The Bertz CT molecular complexity index is 520. The molecule has 5 heteroatoms. The molecule has 2 aromatic rings. The van der Waals surface area contributed by atoms with Gasteiger partial charge in [0.05, 0.1) is 3.79 Å². The summed E-state index contributed by atoms with van der Waals surface area (Å²) in [6.07, 6.45) is 0. The van der Waals surface area contributed by atoms with Gasteiger partial charge in [0.2, 0.25) is 0 Å². The summed E-state index contributed by atoms with van der Waals surface area (Å²) in [6, 6.07) is 7.11. The van der Waals surface area contributed by atoms with E-state index in [0.717, 1.165) is 20.5 Å². The first kappa shape index (κ1) is 13.1. The minimum absolute atomic E-state index is 0.169. The molecule has 1 aromatic heterocycles. The molecule has 0 saturated carbocycles. The highest BCUT2D eigenvalue weighted by atomic mass is 79.9. The quantitative estimate of drug-likeness (QED) is 0.760. The highest BCUT2D eigenvalue weighted by molar-refractivity contribution is 9.13. The van der Waals surface area contributed by atoms with E-state index < -0.39 is 0 Å². The predicted octanol–water partition coefficient (Wildman–Crippen LogP) is 5.33. The van der Waals surface area contributed by atoms with E-state index in [1.807, 2.05) is 6.07 Å². The van der Waals surface area contributed by atoms with E-state index in [4.69, 9.17) is 0 Å². The van der Waals surface area contributed by atoms with E-state index in [0.29, 0.717) is 5.56 Å². The zero-order chi connectivity index (χ0) is 12.4. The van der Waals surface area contributed by atoms with Crippen molar-refractivity contribution in [2.24, 2.45) is 0 Å². The second-order valence-electron chi connectivity index (χ2n) is 3.65. The molecule has 90 valence electrons. The Morgan fingerprint density at radius 2 is 2.06 bits per heavy atom. The molecule has 0 aliphatic heterocycles. The van der Waals surface area contributed by atoms with Crippen LogP contribution < -0.4 is 5.32 Å². The maximum atomic E-state index is 13.1. The summed E-state index contributed by atoms with van der Waals surface area (Å²) in [7, 11) is 0. The van der Waals surface area contributed by atoms with Gasteiger partial charge in [-0.3, -0.25) is 0 Å². The van der Waals surface area contributed by atoms with Gasteiger partial charge in [-0.25, -0.2) is 4.39 Å². The number of benzene rings is 1. The van der Waals surface area contributed by atoms with Gasteiger partial charge >= 0.3 is 0 Å². The Balaban J connectivity index is 2.04. The number of rotatable bonds is 3. The van der Waals surface area contributed by atoms with Gasteiger partial charge < -0.3 is 5.32 Å². The van der Waals surface area contributed by atoms with Crippen LogP contribution in [0, 0.1) is 12.7 Å². The van der Waals surface area contributed by atoms with Crippen molar-refractivity contribution in [1.29, 1.82) is 0 Å². The molecule has 0 aliphatic carbocycles. The minimum atomic E-state index is -0.169. The molecule has 0 aliphatic rings. The van der Waals surface area contributed by atoms with Gasteiger partial charge in [0.25, 0.3) is 0 Å². The normalized spacial score (nSPS) is 10.6. The summed E-state index contributed by atoms with van der Waals surface area (Å²) in [4.78, 5) is 1.21. The number of halogens is 3. The molecule has 0 spiro atoms. The van der Waals surface area contributed by atoms with Gasteiger partial charge in [0, 0.05) is 21.6 Å². The second kappa shape index (κ2) is 5.50. The monoisotopic (exact) mass is 377 g/mol. The van der Waals surface area contributed by atoms with E-state index in [2.05, 4.69) is 43.2 Å². The average molecular weight is 379 g/mol. The largest absolute Gasteiger partial charge is 0.380 e. The Morgan fingerprint density at radius 1 is 1.29 bits per heavy atom. The van der Waals surface area contributed by atoms with Crippen LogP contribution in [0.3, 0.4) is 0 Å². The van der Waals surface area contributed by atoms with Crippen LogP contribution in [0.2, 0.25) is 0 Å². The summed E-state index contributed by atoms with van der Waals surface area (Å²) in [5.41, 5.74) is 1.59. The van der Waals surface area contributed by atoms with Crippen LogP contribution >= 0.6 is 43.2 Å². The molecule has 0 bridgehead atoms. The number of anilines is 1. The second-order valence-corrected chi connectivity index (χ2v) is 6.96. The topological polar surface area (TPSA) is 12.0 Å². The fraction of sp³-hybridized carbons (Fsp3) is 0.167. The molecular formula is C12H10Br2FNS. The third-order valence-electron chi connectivity index (χ3n) is 2.32. The molecule has 1 aromatic carbocycles. The standard InChI is InChI=1S/C12H10Br2FNS/c1-7-4-8(2-3-11(7)15)16-6-9-5-10(13)12(14)17-9/h2-5,16H,6H2,1H3. The summed E-state index contributed by atoms with van der Waals surface area (Å²) in [5, 5.41) is 3.27. The Kier molecular flexibility index (Phi) is 4.22. The van der Waals surface area contributed by atoms with Crippen molar-refractivity contribution in [3.8, 4) is 0 Å². The summed E-state index contributed by atoms with van der Waals surface area (Å²) in [5.74, 6) is -0.169. The molecule has 1 heterocycles. The highest BCUT2D eigenvalue weighted by Gasteiger charge is 2.04. The van der Waals surface area contributed by atoms with E-state index in [9.17, 15) is 4.39 Å². The van der Waals surface area contributed by atoms with Gasteiger partial charge in [-0.05, 0) is 68.6 Å².